The van der Waals surface area contributed by atoms with Crippen LogP contribution in [0.2, 0.25) is 0 Å². The Morgan fingerprint density at radius 1 is 1.20 bits per heavy atom. The average Bonchev–Trinajstić information content (AvgIpc) is 2.64. The van der Waals surface area contributed by atoms with Crippen molar-refractivity contribution in [1.29, 1.82) is 0 Å². The van der Waals surface area contributed by atoms with Gasteiger partial charge in [0.15, 0.2) is 0 Å². The zero-order chi connectivity index (χ0) is 11.5. The summed E-state index contributed by atoms with van der Waals surface area (Å²) in [5.41, 5.74) is 0.0591. The van der Waals surface area contributed by atoms with Gasteiger partial charge in [0.1, 0.15) is 5.78 Å². The third-order valence-corrected chi connectivity index (χ3v) is 3.94. The van der Waals surface area contributed by atoms with Crippen molar-refractivity contribution in [2.24, 2.45) is 17.3 Å². The van der Waals surface area contributed by atoms with Crippen molar-refractivity contribution >= 4 is 5.78 Å². The van der Waals surface area contributed by atoms with Gasteiger partial charge in [0, 0.05) is 11.3 Å². The van der Waals surface area contributed by atoms with E-state index in [9.17, 15) is 4.79 Å². The number of rotatable bonds is 5. The molecule has 0 radical (unpaired) electrons. The molecular weight excluding hydrogens is 184 g/mol. The maximum Gasteiger partial charge on any atom is 0.141 e. The molecule has 1 nitrogen and oxygen atoms in total. The number of carbonyl (C=O) groups excluding carboxylic acids is 1. The van der Waals surface area contributed by atoms with Gasteiger partial charge < -0.3 is 0 Å². The smallest absolute Gasteiger partial charge is 0.141 e. The van der Waals surface area contributed by atoms with Gasteiger partial charge >= 0.3 is 0 Å². The van der Waals surface area contributed by atoms with Crippen LogP contribution >= 0.6 is 0 Å². The van der Waals surface area contributed by atoms with E-state index < -0.39 is 0 Å². The fourth-order valence-corrected chi connectivity index (χ4v) is 3.09. The average molecular weight is 210 g/mol. The maximum absolute atomic E-state index is 12.4. The standard InChI is InChI=1S/C14H26O/c1-5-12(4)13(15)14(10-11(2)3)8-6-7-9-14/h11-12H,5-10H2,1-4H3. The van der Waals surface area contributed by atoms with Crippen LogP contribution in [0.25, 0.3) is 0 Å². The zero-order valence-corrected chi connectivity index (χ0v) is 10.8. The second-order valence-electron chi connectivity index (χ2n) is 5.76. The molecule has 1 heteroatoms. The Kier molecular flexibility index (Phi) is 4.36. The SMILES string of the molecule is CCC(C)C(=O)C1(CC(C)C)CCCC1. The Balaban J connectivity index is 2.76. The summed E-state index contributed by atoms with van der Waals surface area (Å²) in [6, 6.07) is 0. The molecule has 1 fully saturated rings. The van der Waals surface area contributed by atoms with E-state index in [0.717, 1.165) is 25.7 Å². The highest BCUT2D eigenvalue weighted by Gasteiger charge is 2.42. The van der Waals surface area contributed by atoms with Crippen LogP contribution in [0.15, 0.2) is 0 Å². The molecule has 1 rings (SSSR count). The molecule has 0 aromatic carbocycles. The molecule has 0 heterocycles. The van der Waals surface area contributed by atoms with Gasteiger partial charge in [-0.2, -0.15) is 0 Å². The summed E-state index contributed by atoms with van der Waals surface area (Å²) < 4.78 is 0. The van der Waals surface area contributed by atoms with Gasteiger partial charge in [-0.15, -0.1) is 0 Å². The zero-order valence-electron chi connectivity index (χ0n) is 10.8. The third kappa shape index (κ3) is 2.83. The number of carbonyl (C=O) groups is 1. The van der Waals surface area contributed by atoms with Crippen molar-refractivity contribution in [3.8, 4) is 0 Å². The molecule has 0 aromatic rings. The number of hydrogen-bond acceptors (Lipinski definition) is 1. The molecule has 0 bridgehead atoms. The molecule has 0 aliphatic heterocycles. The lowest BCUT2D eigenvalue weighted by molar-refractivity contribution is -0.133. The van der Waals surface area contributed by atoms with Gasteiger partial charge in [0.05, 0.1) is 0 Å². The molecule has 0 amide bonds. The van der Waals surface area contributed by atoms with E-state index in [4.69, 9.17) is 0 Å². The Labute approximate surface area is 94.6 Å². The molecule has 1 unspecified atom stereocenters. The topological polar surface area (TPSA) is 17.1 Å². The maximum atomic E-state index is 12.4. The Morgan fingerprint density at radius 2 is 1.73 bits per heavy atom. The minimum Gasteiger partial charge on any atom is -0.299 e. The van der Waals surface area contributed by atoms with E-state index in [1.165, 1.54) is 12.8 Å². The van der Waals surface area contributed by atoms with Crippen LogP contribution in [0.4, 0.5) is 0 Å². The first-order chi connectivity index (χ1) is 7.02. The Hall–Kier alpha value is -0.330. The van der Waals surface area contributed by atoms with Crippen LogP contribution in [0, 0.1) is 17.3 Å². The fraction of sp³-hybridized carbons (Fsp3) is 0.929. The molecule has 1 aliphatic rings. The lowest BCUT2D eigenvalue weighted by Crippen LogP contribution is -2.33. The Morgan fingerprint density at radius 3 is 2.13 bits per heavy atom. The first-order valence-electron chi connectivity index (χ1n) is 6.56. The molecule has 0 N–H and O–H groups in total. The summed E-state index contributed by atoms with van der Waals surface area (Å²) in [5, 5.41) is 0. The normalized spacial score (nSPS) is 21.9. The summed E-state index contributed by atoms with van der Waals surface area (Å²) in [6.45, 7) is 8.71. The minimum atomic E-state index is 0.0591. The van der Waals surface area contributed by atoms with Gasteiger partial charge in [-0.1, -0.05) is 40.5 Å². The van der Waals surface area contributed by atoms with Gasteiger partial charge in [-0.25, -0.2) is 0 Å². The largest absolute Gasteiger partial charge is 0.299 e. The van der Waals surface area contributed by atoms with E-state index in [2.05, 4.69) is 27.7 Å². The van der Waals surface area contributed by atoms with Crippen molar-refractivity contribution < 1.29 is 4.79 Å². The van der Waals surface area contributed by atoms with Crippen molar-refractivity contribution in [2.45, 2.75) is 66.2 Å². The van der Waals surface area contributed by atoms with Gasteiger partial charge in [0.25, 0.3) is 0 Å². The summed E-state index contributed by atoms with van der Waals surface area (Å²) in [6.07, 6.45) is 6.92. The van der Waals surface area contributed by atoms with Crippen LogP contribution in [-0.2, 0) is 4.79 Å². The molecule has 15 heavy (non-hydrogen) atoms. The first kappa shape index (κ1) is 12.7. The Bertz CT molecular complexity index is 211. The quantitative estimate of drug-likeness (QED) is 0.664. The van der Waals surface area contributed by atoms with E-state index in [0.29, 0.717) is 11.7 Å². The fourth-order valence-electron chi connectivity index (χ4n) is 3.09. The minimum absolute atomic E-state index is 0.0591. The van der Waals surface area contributed by atoms with Gasteiger partial charge in [-0.3, -0.25) is 4.79 Å². The molecule has 88 valence electrons. The third-order valence-electron chi connectivity index (χ3n) is 3.94. The highest BCUT2D eigenvalue weighted by Crippen LogP contribution is 2.45. The summed E-state index contributed by atoms with van der Waals surface area (Å²) >= 11 is 0. The van der Waals surface area contributed by atoms with Crippen LogP contribution in [-0.4, -0.2) is 5.78 Å². The molecule has 0 aromatic heterocycles. The molecule has 0 saturated heterocycles. The van der Waals surface area contributed by atoms with Crippen LogP contribution in [0.1, 0.15) is 66.2 Å². The monoisotopic (exact) mass is 210 g/mol. The van der Waals surface area contributed by atoms with Crippen LogP contribution in [0.5, 0.6) is 0 Å². The summed E-state index contributed by atoms with van der Waals surface area (Å²) in [7, 11) is 0. The van der Waals surface area contributed by atoms with Gasteiger partial charge in [-0.05, 0) is 31.6 Å². The van der Waals surface area contributed by atoms with E-state index in [-0.39, 0.29) is 11.3 Å². The second-order valence-corrected chi connectivity index (χ2v) is 5.76. The summed E-state index contributed by atoms with van der Waals surface area (Å²) in [5.74, 6) is 1.47. The predicted molar refractivity (Wildman–Crippen MR) is 64.8 cm³/mol. The number of hydrogen-bond donors (Lipinski definition) is 0. The molecule has 1 atom stereocenters. The van der Waals surface area contributed by atoms with E-state index in [1.54, 1.807) is 0 Å². The molecule has 1 saturated carbocycles. The molecule has 1 aliphatic carbocycles. The van der Waals surface area contributed by atoms with Crippen LogP contribution < -0.4 is 0 Å². The van der Waals surface area contributed by atoms with Crippen molar-refractivity contribution in [2.75, 3.05) is 0 Å². The van der Waals surface area contributed by atoms with Crippen LogP contribution in [0.3, 0.4) is 0 Å². The highest BCUT2D eigenvalue weighted by molar-refractivity contribution is 5.87. The molecule has 0 spiro atoms. The second kappa shape index (κ2) is 5.14. The van der Waals surface area contributed by atoms with Crippen molar-refractivity contribution in [1.82, 2.24) is 0 Å². The molecular formula is C14H26O. The lowest BCUT2D eigenvalue weighted by atomic mass is 9.71. The predicted octanol–water partition coefficient (Wildman–Crippen LogP) is 4.21. The number of Topliss-reactive ketones (excluding diaryl/α,β-unsaturated/α-hetero) is 1. The lowest BCUT2D eigenvalue weighted by Gasteiger charge is -2.31. The van der Waals surface area contributed by atoms with Gasteiger partial charge in [0.2, 0.25) is 0 Å². The van der Waals surface area contributed by atoms with E-state index >= 15 is 0 Å². The highest BCUT2D eigenvalue weighted by atomic mass is 16.1. The van der Waals surface area contributed by atoms with E-state index in [1.807, 2.05) is 0 Å². The number of ketones is 1. The summed E-state index contributed by atoms with van der Waals surface area (Å²) in [4.78, 5) is 12.4. The van der Waals surface area contributed by atoms with Crippen molar-refractivity contribution in [3.63, 3.8) is 0 Å². The first-order valence-corrected chi connectivity index (χ1v) is 6.56. The van der Waals surface area contributed by atoms with Crippen molar-refractivity contribution in [3.05, 3.63) is 0 Å².